The quantitative estimate of drug-likeness (QED) is 0.855. The fourth-order valence-corrected chi connectivity index (χ4v) is 5.53. The number of nitrogens with one attached hydrogen (secondary N) is 2. The summed E-state index contributed by atoms with van der Waals surface area (Å²) in [6, 6.07) is 7.68. The summed E-state index contributed by atoms with van der Waals surface area (Å²) in [6.45, 7) is 4.08. The van der Waals surface area contributed by atoms with Crippen LogP contribution >= 0.6 is 0 Å². The number of ether oxygens (including phenoxy) is 1. The Bertz CT molecular complexity index is 670. The van der Waals surface area contributed by atoms with Gasteiger partial charge in [-0.2, -0.15) is 4.31 Å². The summed E-state index contributed by atoms with van der Waals surface area (Å²) in [6.07, 6.45) is 3.68. The first-order valence-electron chi connectivity index (χ1n) is 8.73. The second-order valence-corrected chi connectivity index (χ2v) is 9.16. The number of anilines is 1. The van der Waals surface area contributed by atoms with E-state index in [9.17, 15) is 8.42 Å². The predicted molar refractivity (Wildman–Crippen MR) is 92.6 cm³/mol. The van der Waals surface area contributed by atoms with Crippen LogP contribution in [0.15, 0.2) is 29.2 Å². The van der Waals surface area contributed by atoms with Crippen molar-refractivity contribution < 1.29 is 13.2 Å². The van der Waals surface area contributed by atoms with Gasteiger partial charge in [-0.3, -0.25) is 0 Å². The Balaban J connectivity index is 1.38. The molecular weight excluding hydrogens is 326 g/mol. The van der Waals surface area contributed by atoms with Crippen molar-refractivity contribution in [1.29, 1.82) is 0 Å². The molecule has 0 radical (unpaired) electrons. The van der Waals surface area contributed by atoms with Crippen molar-refractivity contribution in [2.75, 3.05) is 44.7 Å². The Hall–Kier alpha value is -1.15. The standard InChI is InChI=1S/C17H25N3O3S/c21-24(22,20-7-9-23-10-8-20)16-3-1-14(2-4-16)19-15-11-17(12-15)5-6-18-13-17/h1-4,15,18-19H,5-13H2. The van der Waals surface area contributed by atoms with Crippen molar-refractivity contribution in [3.63, 3.8) is 0 Å². The molecule has 7 heteroatoms. The first kappa shape index (κ1) is 16.3. The topological polar surface area (TPSA) is 70.7 Å². The van der Waals surface area contributed by atoms with Gasteiger partial charge in [0.2, 0.25) is 10.0 Å². The Morgan fingerprint density at radius 1 is 1.17 bits per heavy atom. The summed E-state index contributed by atoms with van der Waals surface area (Å²) < 4.78 is 31.9. The van der Waals surface area contributed by atoms with E-state index in [4.69, 9.17) is 4.74 Å². The lowest BCUT2D eigenvalue weighted by atomic mass is 9.65. The summed E-state index contributed by atoms with van der Waals surface area (Å²) in [5.41, 5.74) is 1.51. The van der Waals surface area contributed by atoms with Gasteiger partial charge in [-0.05, 0) is 55.5 Å². The molecule has 2 N–H and O–H groups in total. The van der Waals surface area contributed by atoms with Crippen LogP contribution in [0.4, 0.5) is 5.69 Å². The van der Waals surface area contributed by atoms with Crippen LogP contribution in [0, 0.1) is 5.41 Å². The van der Waals surface area contributed by atoms with Crippen molar-refractivity contribution in [2.45, 2.75) is 30.2 Å². The number of benzene rings is 1. The second-order valence-electron chi connectivity index (χ2n) is 7.22. The van der Waals surface area contributed by atoms with Gasteiger partial charge < -0.3 is 15.4 Å². The van der Waals surface area contributed by atoms with Gasteiger partial charge in [-0.1, -0.05) is 0 Å². The zero-order chi connectivity index (χ0) is 16.6. The highest BCUT2D eigenvalue weighted by Crippen LogP contribution is 2.46. The lowest BCUT2D eigenvalue weighted by Gasteiger charge is -2.45. The summed E-state index contributed by atoms with van der Waals surface area (Å²) in [4.78, 5) is 0.361. The molecule has 6 nitrogen and oxygen atoms in total. The first-order valence-corrected chi connectivity index (χ1v) is 10.2. The minimum atomic E-state index is -3.40. The van der Waals surface area contributed by atoms with Crippen molar-refractivity contribution in [1.82, 2.24) is 9.62 Å². The average molecular weight is 351 g/mol. The smallest absolute Gasteiger partial charge is 0.243 e. The third kappa shape index (κ3) is 3.06. The number of sulfonamides is 1. The van der Waals surface area contributed by atoms with Crippen LogP contribution in [0.25, 0.3) is 0 Å². The summed E-state index contributed by atoms with van der Waals surface area (Å²) in [7, 11) is -3.40. The van der Waals surface area contributed by atoms with Gasteiger partial charge in [0.05, 0.1) is 18.1 Å². The highest BCUT2D eigenvalue weighted by molar-refractivity contribution is 7.89. The summed E-state index contributed by atoms with van der Waals surface area (Å²) in [5, 5.41) is 6.98. The van der Waals surface area contributed by atoms with Gasteiger partial charge in [0.1, 0.15) is 0 Å². The zero-order valence-corrected chi connectivity index (χ0v) is 14.6. The molecule has 3 fully saturated rings. The van der Waals surface area contributed by atoms with Gasteiger partial charge in [0, 0.05) is 31.4 Å². The molecule has 1 aromatic rings. The third-order valence-electron chi connectivity index (χ3n) is 5.52. The molecule has 1 aromatic carbocycles. The van der Waals surface area contributed by atoms with Crippen LogP contribution in [0.3, 0.4) is 0 Å². The van der Waals surface area contributed by atoms with E-state index >= 15 is 0 Å². The van der Waals surface area contributed by atoms with Gasteiger partial charge in [-0.15, -0.1) is 0 Å². The Morgan fingerprint density at radius 2 is 1.88 bits per heavy atom. The van der Waals surface area contributed by atoms with Crippen molar-refractivity contribution in [3.8, 4) is 0 Å². The molecule has 0 unspecified atom stereocenters. The number of hydrogen-bond donors (Lipinski definition) is 2. The van der Waals surface area contributed by atoms with Gasteiger partial charge in [-0.25, -0.2) is 8.42 Å². The van der Waals surface area contributed by atoms with E-state index in [1.54, 1.807) is 12.1 Å². The van der Waals surface area contributed by atoms with E-state index in [0.717, 1.165) is 18.8 Å². The number of rotatable bonds is 4. The maximum Gasteiger partial charge on any atom is 0.243 e. The average Bonchev–Trinajstić information content (AvgIpc) is 3.06. The maximum atomic E-state index is 12.6. The fraction of sp³-hybridized carbons (Fsp3) is 0.647. The van der Waals surface area contributed by atoms with E-state index in [0.29, 0.717) is 42.7 Å². The zero-order valence-electron chi connectivity index (χ0n) is 13.8. The normalized spacial score (nSPS) is 31.1. The largest absolute Gasteiger partial charge is 0.382 e. The molecule has 1 aliphatic carbocycles. The van der Waals surface area contributed by atoms with E-state index in [1.165, 1.54) is 23.6 Å². The molecule has 132 valence electrons. The molecule has 0 bridgehead atoms. The van der Waals surface area contributed by atoms with Crippen LogP contribution in [0.2, 0.25) is 0 Å². The van der Waals surface area contributed by atoms with E-state index in [-0.39, 0.29) is 0 Å². The summed E-state index contributed by atoms with van der Waals surface area (Å²) in [5.74, 6) is 0. The minimum absolute atomic E-state index is 0.361. The molecule has 2 heterocycles. The molecule has 0 aromatic heterocycles. The van der Waals surface area contributed by atoms with Gasteiger partial charge in [0.25, 0.3) is 0 Å². The number of hydrogen-bond acceptors (Lipinski definition) is 5. The van der Waals surface area contributed by atoms with Gasteiger partial charge >= 0.3 is 0 Å². The van der Waals surface area contributed by atoms with Crippen molar-refractivity contribution in [2.24, 2.45) is 5.41 Å². The highest BCUT2D eigenvalue weighted by Gasteiger charge is 2.45. The molecule has 2 saturated heterocycles. The van der Waals surface area contributed by atoms with Crippen LogP contribution in [-0.4, -0.2) is 58.2 Å². The van der Waals surface area contributed by atoms with E-state index in [2.05, 4.69) is 10.6 Å². The predicted octanol–water partition coefficient (Wildman–Crippen LogP) is 1.26. The number of nitrogens with zero attached hydrogens (tertiary/aromatic N) is 1. The van der Waals surface area contributed by atoms with Gasteiger partial charge in [0.15, 0.2) is 0 Å². The van der Waals surface area contributed by atoms with Crippen LogP contribution < -0.4 is 10.6 Å². The lowest BCUT2D eigenvalue weighted by Crippen LogP contribution is -2.46. The Morgan fingerprint density at radius 3 is 2.50 bits per heavy atom. The van der Waals surface area contributed by atoms with E-state index in [1.807, 2.05) is 12.1 Å². The molecule has 2 aliphatic heterocycles. The molecular formula is C17H25N3O3S. The van der Waals surface area contributed by atoms with Crippen molar-refractivity contribution in [3.05, 3.63) is 24.3 Å². The lowest BCUT2D eigenvalue weighted by molar-refractivity contribution is 0.0730. The molecule has 24 heavy (non-hydrogen) atoms. The van der Waals surface area contributed by atoms with Crippen LogP contribution in [0.5, 0.6) is 0 Å². The SMILES string of the molecule is O=S(=O)(c1ccc(NC2CC3(CCNC3)C2)cc1)N1CCOCC1. The molecule has 4 rings (SSSR count). The second kappa shape index (κ2) is 6.29. The van der Waals surface area contributed by atoms with E-state index < -0.39 is 10.0 Å². The molecule has 0 atom stereocenters. The minimum Gasteiger partial charge on any atom is -0.382 e. The first-order chi connectivity index (χ1) is 11.6. The number of morpholine rings is 1. The molecule has 0 amide bonds. The van der Waals surface area contributed by atoms with Crippen LogP contribution in [0.1, 0.15) is 19.3 Å². The monoisotopic (exact) mass is 351 g/mol. The van der Waals surface area contributed by atoms with Crippen LogP contribution in [-0.2, 0) is 14.8 Å². The molecule has 1 saturated carbocycles. The third-order valence-corrected chi connectivity index (χ3v) is 7.44. The highest BCUT2D eigenvalue weighted by atomic mass is 32.2. The molecule has 1 spiro atoms. The molecule has 3 aliphatic rings. The maximum absolute atomic E-state index is 12.6. The Kier molecular flexibility index (Phi) is 4.28. The summed E-state index contributed by atoms with van der Waals surface area (Å²) >= 11 is 0. The van der Waals surface area contributed by atoms with Crippen molar-refractivity contribution >= 4 is 15.7 Å². The fourth-order valence-electron chi connectivity index (χ4n) is 4.13. The Labute approximate surface area is 143 Å².